The van der Waals surface area contributed by atoms with Crippen LogP contribution in [0.25, 0.3) is 0 Å². The Hall–Kier alpha value is -1.40. The van der Waals surface area contributed by atoms with Crippen molar-refractivity contribution in [1.29, 1.82) is 0 Å². The fourth-order valence-corrected chi connectivity index (χ4v) is 5.71. The van der Waals surface area contributed by atoms with Crippen LogP contribution in [0.4, 0.5) is 0 Å². The molecule has 2 saturated carbocycles. The lowest BCUT2D eigenvalue weighted by atomic mass is 9.66. The van der Waals surface area contributed by atoms with Gasteiger partial charge in [0.05, 0.1) is 12.6 Å². The quantitative estimate of drug-likeness (QED) is 0.690. The van der Waals surface area contributed by atoms with Gasteiger partial charge in [0.15, 0.2) is 0 Å². The molecule has 3 aliphatic rings. The predicted octanol–water partition coefficient (Wildman–Crippen LogP) is 2.44. The molecule has 29 heavy (non-hydrogen) atoms. The Bertz CT molecular complexity index is 568. The van der Waals surface area contributed by atoms with Gasteiger partial charge in [-0.2, -0.15) is 0 Å². The lowest BCUT2D eigenvalue weighted by Crippen LogP contribution is -2.55. The number of piperazine rings is 1. The van der Waals surface area contributed by atoms with Crippen molar-refractivity contribution in [2.75, 3.05) is 39.8 Å². The first-order valence-corrected chi connectivity index (χ1v) is 11.5. The molecule has 0 aromatic carbocycles. The van der Waals surface area contributed by atoms with Gasteiger partial charge < -0.3 is 19.9 Å². The molecule has 6 heteroatoms. The first-order chi connectivity index (χ1) is 14.0. The normalized spacial score (nSPS) is 31.5. The summed E-state index contributed by atoms with van der Waals surface area (Å²) in [5.74, 6) is 2.34. The molecule has 1 N–H and O–H groups in total. The van der Waals surface area contributed by atoms with Crippen LogP contribution in [0.15, 0.2) is 12.7 Å². The second-order valence-electron chi connectivity index (χ2n) is 9.18. The fourth-order valence-electron chi connectivity index (χ4n) is 5.71. The van der Waals surface area contributed by atoms with Crippen LogP contribution in [0.2, 0.25) is 0 Å². The summed E-state index contributed by atoms with van der Waals surface area (Å²) in [7, 11) is 1.80. The summed E-state index contributed by atoms with van der Waals surface area (Å²) in [5, 5.41) is 3.54. The third-order valence-corrected chi connectivity index (χ3v) is 7.50. The lowest BCUT2D eigenvalue weighted by molar-refractivity contribution is -0.136. The van der Waals surface area contributed by atoms with Gasteiger partial charge in [-0.1, -0.05) is 45.6 Å². The Balaban J connectivity index is 1.50. The summed E-state index contributed by atoms with van der Waals surface area (Å²) >= 11 is 0. The molecule has 0 spiro atoms. The van der Waals surface area contributed by atoms with Crippen LogP contribution in [-0.4, -0.2) is 73.6 Å². The maximum Gasteiger partial charge on any atom is 0.246 e. The molecule has 0 aromatic rings. The van der Waals surface area contributed by atoms with Crippen molar-refractivity contribution in [3.8, 4) is 0 Å². The monoisotopic (exact) mass is 405 g/mol. The Kier molecular flexibility index (Phi) is 8.13. The minimum atomic E-state index is -0.0526. The molecular weight excluding hydrogens is 366 g/mol. The van der Waals surface area contributed by atoms with E-state index in [0.717, 1.165) is 24.7 Å². The standard InChI is InChI=1S/C23H39N3O3/c1-4-22(27)25-10-12-26(13-11-25)23(28)16-24-20-15-19(17(2)14-21(20)29-3)18-8-6-5-7-9-18/h4,17-21,24H,1,5-16H2,2-3H3. The number of hydrogen-bond donors (Lipinski definition) is 1. The van der Waals surface area contributed by atoms with Crippen LogP contribution in [-0.2, 0) is 14.3 Å². The number of carbonyl (C=O) groups is 2. The number of carbonyl (C=O) groups excluding carboxylic acids is 2. The number of nitrogens with one attached hydrogen (secondary N) is 1. The molecule has 3 rings (SSSR count). The molecule has 4 unspecified atom stereocenters. The van der Waals surface area contributed by atoms with Crippen molar-refractivity contribution in [2.45, 2.75) is 64.0 Å². The van der Waals surface area contributed by atoms with Gasteiger partial charge in [0.1, 0.15) is 0 Å². The number of methoxy groups -OCH3 is 1. The molecule has 1 aliphatic heterocycles. The van der Waals surface area contributed by atoms with E-state index in [1.807, 2.05) is 4.90 Å². The zero-order valence-electron chi connectivity index (χ0n) is 18.3. The average molecular weight is 406 g/mol. The topological polar surface area (TPSA) is 61.9 Å². The van der Waals surface area contributed by atoms with E-state index in [-0.39, 0.29) is 24.0 Å². The van der Waals surface area contributed by atoms with Gasteiger partial charge in [-0.05, 0) is 36.7 Å². The number of rotatable bonds is 6. The lowest BCUT2D eigenvalue weighted by Gasteiger charge is -2.44. The third-order valence-electron chi connectivity index (χ3n) is 7.50. The van der Waals surface area contributed by atoms with Crippen LogP contribution in [0.5, 0.6) is 0 Å². The van der Waals surface area contributed by atoms with Crippen molar-refractivity contribution in [2.24, 2.45) is 17.8 Å². The van der Waals surface area contributed by atoms with Crippen LogP contribution in [0.1, 0.15) is 51.9 Å². The summed E-state index contributed by atoms with van der Waals surface area (Å²) in [6, 6.07) is 0.246. The van der Waals surface area contributed by atoms with Gasteiger partial charge >= 0.3 is 0 Å². The van der Waals surface area contributed by atoms with Crippen LogP contribution < -0.4 is 5.32 Å². The highest BCUT2D eigenvalue weighted by molar-refractivity contribution is 5.87. The molecule has 6 nitrogen and oxygen atoms in total. The SMILES string of the molecule is C=CC(=O)N1CCN(C(=O)CNC2CC(C3CCCCC3)C(C)CC2OC)CC1. The van der Waals surface area contributed by atoms with Crippen LogP contribution >= 0.6 is 0 Å². The van der Waals surface area contributed by atoms with E-state index in [9.17, 15) is 9.59 Å². The minimum Gasteiger partial charge on any atom is -0.380 e. The van der Waals surface area contributed by atoms with Gasteiger partial charge in [0, 0.05) is 39.3 Å². The van der Waals surface area contributed by atoms with Gasteiger partial charge in [-0.3, -0.25) is 9.59 Å². The number of amides is 2. The van der Waals surface area contributed by atoms with Crippen molar-refractivity contribution in [1.82, 2.24) is 15.1 Å². The Labute approximate surface area is 176 Å². The van der Waals surface area contributed by atoms with Crippen molar-refractivity contribution in [3.63, 3.8) is 0 Å². The number of hydrogen-bond acceptors (Lipinski definition) is 4. The first-order valence-electron chi connectivity index (χ1n) is 11.5. The van der Waals surface area contributed by atoms with Crippen LogP contribution in [0, 0.1) is 17.8 Å². The first kappa shape index (κ1) is 22.3. The van der Waals surface area contributed by atoms with Gasteiger partial charge in [-0.15, -0.1) is 0 Å². The van der Waals surface area contributed by atoms with Crippen molar-refractivity contribution >= 4 is 11.8 Å². The second-order valence-corrected chi connectivity index (χ2v) is 9.18. The van der Waals surface area contributed by atoms with E-state index in [2.05, 4.69) is 18.8 Å². The molecule has 0 aromatic heterocycles. The molecule has 4 atom stereocenters. The van der Waals surface area contributed by atoms with E-state index in [0.29, 0.717) is 38.6 Å². The van der Waals surface area contributed by atoms with E-state index < -0.39 is 0 Å². The molecule has 2 amide bonds. The van der Waals surface area contributed by atoms with E-state index >= 15 is 0 Å². The summed E-state index contributed by atoms with van der Waals surface area (Å²) in [5.41, 5.74) is 0. The Morgan fingerprint density at radius 2 is 1.72 bits per heavy atom. The Morgan fingerprint density at radius 3 is 2.34 bits per heavy atom. The van der Waals surface area contributed by atoms with Gasteiger partial charge in [0.25, 0.3) is 0 Å². The largest absolute Gasteiger partial charge is 0.380 e. The maximum atomic E-state index is 12.7. The Morgan fingerprint density at radius 1 is 1.07 bits per heavy atom. The molecule has 164 valence electrons. The predicted molar refractivity (Wildman–Crippen MR) is 114 cm³/mol. The third kappa shape index (κ3) is 5.60. The van der Waals surface area contributed by atoms with E-state index in [4.69, 9.17) is 4.74 Å². The summed E-state index contributed by atoms with van der Waals surface area (Å²) in [6.45, 7) is 8.64. The molecular formula is C23H39N3O3. The van der Waals surface area contributed by atoms with Gasteiger partial charge in [0.2, 0.25) is 11.8 Å². The summed E-state index contributed by atoms with van der Waals surface area (Å²) in [6.07, 6.45) is 10.6. The molecule has 1 saturated heterocycles. The second kappa shape index (κ2) is 10.6. The molecule has 3 fully saturated rings. The fraction of sp³-hybridized carbons (Fsp3) is 0.826. The highest BCUT2D eigenvalue weighted by Crippen LogP contribution is 2.42. The molecule has 0 bridgehead atoms. The number of ether oxygens (including phenoxy) is 1. The minimum absolute atomic E-state index is 0.0526. The van der Waals surface area contributed by atoms with Gasteiger partial charge in [-0.25, -0.2) is 0 Å². The van der Waals surface area contributed by atoms with E-state index in [1.165, 1.54) is 38.2 Å². The average Bonchev–Trinajstić information content (AvgIpc) is 2.77. The molecule has 1 heterocycles. The summed E-state index contributed by atoms with van der Waals surface area (Å²) < 4.78 is 5.80. The molecule has 2 aliphatic carbocycles. The zero-order chi connectivity index (χ0) is 20.8. The maximum absolute atomic E-state index is 12.7. The zero-order valence-corrected chi connectivity index (χ0v) is 18.3. The summed E-state index contributed by atoms with van der Waals surface area (Å²) in [4.78, 5) is 28.1. The molecule has 0 radical (unpaired) electrons. The van der Waals surface area contributed by atoms with Crippen molar-refractivity contribution < 1.29 is 14.3 Å². The van der Waals surface area contributed by atoms with E-state index in [1.54, 1.807) is 12.0 Å². The highest BCUT2D eigenvalue weighted by atomic mass is 16.5. The van der Waals surface area contributed by atoms with Crippen molar-refractivity contribution in [3.05, 3.63) is 12.7 Å². The smallest absolute Gasteiger partial charge is 0.246 e. The highest BCUT2D eigenvalue weighted by Gasteiger charge is 2.39. The van der Waals surface area contributed by atoms with Crippen LogP contribution in [0.3, 0.4) is 0 Å². The number of nitrogens with zero attached hydrogens (tertiary/aromatic N) is 2.